The maximum Gasteiger partial charge on any atom is 0.162 e. The molecule has 0 aliphatic heterocycles. The van der Waals surface area contributed by atoms with Crippen LogP contribution in [0.2, 0.25) is 0 Å². The van der Waals surface area contributed by atoms with Crippen molar-refractivity contribution in [3.8, 4) is 0 Å². The van der Waals surface area contributed by atoms with Crippen LogP contribution in [0.25, 0.3) is 6.08 Å². The molecule has 92 valence electrons. The molecule has 1 aromatic rings. The van der Waals surface area contributed by atoms with E-state index in [1.807, 2.05) is 18.2 Å². The lowest BCUT2D eigenvalue weighted by molar-refractivity contribution is -0.120. The first-order valence-electron chi connectivity index (χ1n) is 7.15. The molecule has 1 aromatic carbocycles. The van der Waals surface area contributed by atoms with Crippen LogP contribution in [-0.2, 0) is 4.79 Å². The lowest BCUT2D eigenvalue weighted by Gasteiger charge is -2.25. The summed E-state index contributed by atoms with van der Waals surface area (Å²) >= 11 is 0. The van der Waals surface area contributed by atoms with E-state index in [4.69, 9.17) is 0 Å². The second-order valence-electron chi connectivity index (χ2n) is 6.08. The summed E-state index contributed by atoms with van der Waals surface area (Å²) in [6.45, 7) is 0. The summed E-state index contributed by atoms with van der Waals surface area (Å²) in [5.41, 5.74) is 2.32. The molecule has 4 unspecified atom stereocenters. The highest BCUT2D eigenvalue weighted by Gasteiger charge is 2.56. The molecule has 3 aliphatic carbocycles. The third-order valence-corrected chi connectivity index (χ3v) is 5.31. The van der Waals surface area contributed by atoms with Gasteiger partial charge in [-0.1, -0.05) is 36.8 Å². The molecule has 3 saturated carbocycles. The fourth-order valence-corrected chi connectivity index (χ4v) is 4.60. The van der Waals surface area contributed by atoms with E-state index in [9.17, 15) is 4.79 Å². The van der Waals surface area contributed by atoms with Crippen molar-refractivity contribution in [1.29, 1.82) is 0 Å². The number of carbonyl (C=O) groups excluding carboxylic acids is 1. The van der Waals surface area contributed by atoms with Crippen LogP contribution in [0.3, 0.4) is 0 Å². The van der Waals surface area contributed by atoms with Crippen molar-refractivity contribution in [2.24, 2.45) is 23.7 Å². The molecule has 0 spiro atoms. The summed E-state index contributed by atoms with van der Waals surface area (Å²) < 4.78 is 0. The molecular formula is C17H18O. The lowest BCUT2D eigenvalue weighted by Crippen LogP contribution is -2.26. The Morgan fingerprint density at radius 3 is 2.50 bits per heavy atom. The van der Waals surface area contributed by atoms with Crippen LogP contribution in [-0.4, -0.2) is 5.78 Å². The van der Waals surface area contributed by atoms with E-state index in [-0.39, 0.29) is 0 Å². The van der Waals surface area contributed by atoms with Gasteiger partial charge in [-0.2, -0.15) is 0 Å². The first kappa shape index (κ1) is 10.5. The predicted octanol–water partition coefficient (Wildman–Crippen LogP) is 3.71. The predicted molar refractivity (Wildman–Crippen MR) is 71.9 cm³/mol. The molecule has 0 radical (unpaired) electrons. The molecule has 4 atom stereocenters. The van der Waals surface area contributed by atoms with E-state index < -0.39 is 0 Å². The second kappa shape index (κ2) is 3.81. The van der Waals surface area contributed by atoms with Crippen molar-refractivity contribution in [3.05, 3.63) is 41.5 Å². The standard InChI is InChI=1S/C17H18O/c18-17-15(9-11-5-2-1-3-6-11)14-10-16(17)13-8-4-7-12(13)14/h1-3,5-6,9,12-14,16H,4,7-8,10H2. The molecule has 0 saturated heterocycles. The van der Waals surface area contributed by atoms with E-state index >= 15 is 0 Å². The first-order chi connectivity index (χ1) is 8.84. The number of benzene rings is 1. The summed E-state index contributed by atoms with van der Waals surface area (Å²) in [4.78, 5) is 12.4. The van der Waals surface area contributed by atoms with E-state index in [0.29, 0.717) is 17.6 Å². The average Bonchev–Trinajstić information content (AvgIpc) is 3.04. The summed E-state index contributed by atoms with van der Waals surface area (Å²) in [5, 5.41) is 0. The molecule has 0 amide bonds. The monoisotopic (exact) mass is 238 g/mol. The van der Waals surface area contributed by atoms with Crippen molar-refractivity contribution in [2.45, 2.75) is 25.7 Å². The van der Waals surface area contributed by atoms with Crippen molar-refractivity contribution in [1.82, 2.24) is 0 Å². The number of rotatable bonds is 1. The van der Waals surface area contributed by atoms with E-state index in [1.54, 1.807) is 0 Å². The minimum atomic E-state index is 0.373. The van der Waals surface area contributed by atoms with Crippen LogP contribution in [0, 0.1) is 23.7 Å². The molecule has 3 fully saturated rings. The first-order valence-corrected chi connectivity index (χ1v) is 7.15. The normalized spacial score (nSPS) is 39.6. The number of allylic oxidation sites excluding steroid dienone is 1. The minimum Gasteiger partial charge on any atom is -0.294 e. The van der Waals surface area contributed by atoms with E-state index in [2.05, 4.69) is 18.2 Å². The summed E-state index contributed by atoms with van der Waals surface area (Å²) in [7, 11) is 0. The molecule has 1 nitrogen and oxygen atoms in total. The van der Waals surface area contributed by atoms with E-state index in [0.717, 1.165) is 23.8 Å². The number of fused-ring (bicyclic) bond motifs is 5. The fourth-order valence-electron chi connectivity index (χ4n) is 4.60. The Labute approximate surface area is 108 Å². The molecule has 2 bridgehead atoms. The van der Waals surface area contributed by atoms with Crippen LogP contribution in [0.4, 0.5) is 0 Å². The van der Waals surface area contributed by atoms with Crippen LogP contribution in [0.1, 0.15) is 31.2 Å². The van der Waals surface area contributed by atoms with Gasteiger partial charge in [-0.25, -0.2) is 0 Å². The highest BCUT2D eigenvalue weighted by Crippen LogP contribution is 2.59. The zero-order valence-corrected chi connectivity index (χ0v) is 10.5. The summed E-state index contributed by atoms with van der Waals surface area (Å²) in [6, 6.07) is 10.3. The smallest absolute Gasteiger partial charge is 0.162 e. The maximum atomic E-state index is 12.4. The topological polar surface area (TPSA) is 17.1 Å². The van der Waals surface area contributed by atoms with Crippen molar-refractivity contribution in [2.75, 3.05) is 0 Å². The molecule has 1 heteroatoms. The molecule has 0 heterocycles. The van der Waals surface area contributed by atoms with Gasteiger partial charge in [0.2, 0.25) is 0 Å². The van der Waals surface area contributed by atoms with Gasteiger partial charge in [-0.05, 0) is 54.2 Å². The Morgan fingerprint density at radius 1 is 1.00 bits per heavy atom. The summed E-state index contributed by atoms with van der Waals surface area (Å²) in [5.74, 6) is 2.97. The number of carbonyl (C=O) groups is 1. The zero-order valence-electron chi connectivity index (χ0n) is 10.5. The van der Waals surface area contributed by atoms with Gasteiger partial charge < -0.3 is 0 Å². The lowest BCUT2D eigenvalue weighted by atomic mass is 9.78. The highest BCUT2D eigenvalue weighted by molar-refractivity contribution is 6.05. The van der Waals surface area contributed by atoms with Gasteiger partial charge in [0.05, 0.1) is 0 Å². The Kier molecular flexibility index (Phi) is 2.23. The number of hydrogen-bond donors (Lipinski definition) is 0. The largest absolute Gasteiger partial charge is 0.294 e. The van der Waals surface area contributed by atoms with Gasteiger partial charge in [-0.15, -0.1) is 0 Å². The second-order valence-corrected chi connectivity index (χ2v) is 6.08. The Balaban J connectivity index is 1.71. The number of Topliss-reactive ketones (excluding diaryl/α,β-unsaturated/α-hetero) is 1. The summed E-state index contributed by atoms with van der Waals surface area (Å²) in [6.07, 6.45) is 7.30. The van der Waals surface area contributed by atoms with Crippen molar-refractivity contribution >= 4 is 11.9 Å². The Bertz CT molecular complexity index is 514. The van der Waals surface area contributed by atoms with E-state index in [1.165, 1.54) is 24.8 Å². The van der Waals surface area contributed by atoms with Crippen molar-refractivity contribution in [3.63, 3.8) is 0 Å². The Hall–Kier alpha value is -1.37. The zero-order chi connectivity index (χ0) is 12.1. The SMILES string of the molecule is O=C1C(=Cc2ccccc2)C2CC1C1CCCC21. The highest BCUT2D eigenvalue weighted by atomic mass is 16.1. The maximum absolute atomic E-state index is 12.4. The molecule has 0 aromatic heterocycles. The average molecular weight is 238 g/mol. The van der Waals surface area contributed by atoms with Gasteiger partial charge in [0.1, 0.15) is 0 Å². The third kappa shape index (κ3) is 1.36. The van der Waals surface area contributed by atoms with Crippen LogP contribution in [0.5, 0.6) is 0 Å². The molecule has 4 rings (SSSR count). The van der Waals surface area contributed by atoms with Crippen LogP contribution >= 0.6 is 0 Å². The van der Waals surface area contributed by atoms with Crippen molar-refractivity contribution < 1.29 is 4.79 Å². The fraction of sp³-hybridized carbons (Fsp3) is 0.471. The van der Waals surface area contributed by atoms with Gasteiger partial charge in [0, 0.05) is 5.92 Å². The molecule has 0 N–H and O–H groups in total. The molecular weight excluding hydrogens is 220 g/mol. The van der Waals surface area contributed by atoms with Crippen LogP contribution in [0.15, 0.2) is 35.9 Å². The van der Waals surface area contributed by atoms with Gasteiger partial charge in [0.25, 0.3) is 0 Å². The number of ketones is 1. The van der Waals surface area contributed by atoms with Gasteiger partial charge >= 0.3 is 0 Å². The molecule has 18 heavy (non-hydrogen) atoms. The third-order valence-electron chi connectivity index (χ3n) is 5.31. The van der Waals surface area contributed by atoms with Gasteiger partial charge in [0.15, 0.2) is 5.78 Å². The molecule has 3 aliphatic rings. The Morgan fingerprint density at radius 2 is 1.72 bits per heavy atom. The quantitative estimate of drug-likeness (QED) is 0.682. The minimum absolute atomic E-state index is 0.373. The van der Waals surface area contributed by atoms with Crippen LogP contribution < -0.4 is 0 Å². The van der Waals surface area contributed by atoms with Gasteiger partial charge in [-0.3, -0.25) is 4.79 Å². The number of hydrogen-bond acceptors (Lipinski definition) is 1.